The number of hydrazine groups is 1. The first-order chi connectivity index (χ1) is 12.5. The number of furan rings is 1. The van der Waals surface area contributed by atoms with E-state index in [1.165, 1.54) is 23.3 Å². The van der Waals surface area contributed by atoms with E-state index in [1.54, 1.807) is 12.1 Å². The van der Waals surface area contributed by atoms with E-state index in [1.807, 2.05) is 0 Å². The number of halogens is 3. The van der Waals surface area contributed by atoms with Gasteiger partial charge in [-0.15, -0.1) is 0 Å². The van der Waals surface area contributed by atoms with Crippen molar-refractivity contribution in [3.63, 3.8) is 0 Å². The Hall–Kier alpha value is -1.89. The summed E-state index contributed by atoms with van der Waals surface area (Å²) in [6.45, 7) is 0.486. The summed E-state index contributed by atoms with van der Waals surface area (Å²) in [7, 11) is 0. The maximum Gasteiger partial charge on any atom is 0.290 e. The van der Waals surface area contributed by atoms with Crippen LogP contribution in [0.1, 0.15) is 29.8 Å². The van der Waals surface area contributed by atoms with Crippen LogP contribution in [0, 0.1) is 0 Å². The van der Waals surface area contributed by atoms with E-state index >= 15 is 0 Å². The zero-order chi connectivity index (χ0) is 18.7. The van der Waals surface area contributed by atoms with Gasteiger partial charge in [0, 0.05) is 11.6 Å². The van der Waals surface area contributed by atoms with Crippen LogP contribution in [-0.4, -0.2) is 29.3 Å². The van der Waals surface area contributed by atoms with Crippen LogP contribution in [0.5, 0.6) is 0 Å². The first kappa shape index (κ1) is 18.9. The molecule has 1 fully saturated rings. The molecule has 0 aliphatic carbocycles. The molecule has 138 valence electrons. The summed E-state index contributed by atoms with van der Waals surface area (Å²) >= 11 is 18.1. The predicted molar refractivity (Wildman–Crippen MR) is 101 cm³/mol. The molecule has 6 nitrogen and oxygen atoms in total. The minimum atomic E-state index is -0.612. The van der Waals surface area contributed by atoms with Crippen LogP contribution in [-0.2, 0) is 4.79 Å². The molecule has 26 heavy (non-hydrogen) atoms. The van der Waals surface area contributed by atoms with Gasteiger partial charge in [0.25, 0.3) is 11.8 Å². The van der Waals surface area contributed by atoms with Gasteiger partial charge in [0.15, 0.2) is 5.76 Å². The Balaban J connectivity index is 1.70. The number of rotatable bonds is 4. The molecule has 2 amide bonds. The molecule has 0 bridgehead atoms. The third kappa shape index (κ3) is 4.09. The van der Waals surface area contributed by atoms with Gasteiger partial charge in [-0.3, -0.25) is 20.4 Å². The van der Waals surface area contributed by atoms with Gasteiger partial charge in [-0.25, -0.2) is 0 Å². The van der Waals surface area contributed by atoms with Crippen molar-refractivity contribution < 1.29 is 14.0 Å². The fraction of sp³-hybridized carbons (Fsp3) is 0.294. The van der Waals surface area contributed by atoms with Gasteiger partial charge < -0.3 is 9.32 Å². The fourth-order valence-corrected chi connectivity index (χ4v) is 3.77. The van der Waals surface area contributed by atoms with Crippen molar-refractivity contribution in [2.45, 2.75) is 25.3 Å². The van der Waals surface area contributed by atoms with E-state index in [9.17, 15) is 9.59 Å². The standard InChI is InChI=1S/C17H16Cl3N3O3/c18-10-8-11(19)15(12(20)9-10)21-22-16(24)13-4-1-2-6-23(13)17(25)14-5-3-7-26-14/h3,5,7-9,13,21H,1-2,4,6H2,(H,22,24). The average Bonchev–Trinajstić information content (AvgIpc) is 3.14. The molecule has 0 saturated carbocycles. The number of nitrogens with one attached hydrogen (secondary N) is 2. The van der Waals surface area contributed by atoms with Gasteiger partial charge in [-0.2, -0.15) is 0 Å². The molecule has 1 aromatic carbocycles. The molecule has 2 aromatic rings. The van der Waals surface area contributed by atoms with E-state index in [0.717, 1.165) is 12.8 Å². The Kier molecular flexibility index (Phi) is 5.96. The Morgan fingerprint density at radius 1 is 1.15 bits per heavy atom. The quantitative estimate of drug-likeness (QED) is 0.725. The minimum Gasteiger partial charge on any atom is -0.459 e. The number of anilines is 1. The van der Waals surface area contributed by atoms with Gasteiger partial charge in [0.1, 0.15) is 6.04 Å². The third-order valence-corrected chi connectivity index (χ3v) is 4.93. The molecule has 0 radical (unpaired) electrons. The lowest BCUT2D eigenvalue weighted by atomic mass is 10.0. The Labute approximate surface area is 165 Å². The number of benzene rings is 1. The average molecular weight is 417 g/mol. The lowest BCUT2D eigenvalue weighted by Gasteiger charge is -2.34. The molecule has 3 rings (SSSR count). The highest BCUT2D eigenvalue weighted by atomic mass is 35.5. The van der Waals surface area contributed by atoms with Gasteiger partial charge >= 0.3 is 0 Å². The number of amides is 2. The topological polar surface area (TPSA) is 74.6 Å². The molecular weight excluding hydrogens is 401 g/mol. The van der Waals surface area contributed by atoms with Crippen molar-refractivity contribution >= 4 is 52.3 Å². The molecule has 1 aliphatic rings. The predicted octanol–water partition coefficient (Wildman–Crippen LogP) is 4.38. The van der Waals surface area contributed by atoms with Crippen molar-refractivity contribution in [1.29, 1.82) is 0 Å². The zero-order valence-electron chi connectivity index (χ0n) is 13.6. The lowest BCUT2D eigenvalue weighted by molar-refractivity contribution is -0.126. The van der Waals surface area contributed by atoms with Crippen LogP contribution in [0.4, 0.5) is 5.69 Å². The van der Waals surface area contributed by atoms with Gasteiger partial charge in [0.05, 0.1) is 22.0 Å². The number of carbonyl (C=O) groups is 2. The Morgan fingerprint density at radius 2 is 1.88 bits per heavy atom. The van der Waals surface area contributed by atoms with Crippen molar-refractivity contribution in [2.75, 3.05) is 12.0 Å². The molecular formula is C17H16Cl3N3O3. The maximum absolute atomic E-state index is 12.6. The number of likely N-dealkylation sites (tertiary alicyclic amines) is 1. The summed E-state index contributed by atoms with van der Waals surface area (Å²) in [5, 5.41) is 0.935. The summed E-state index contributed by atoms with van der Waals surface area (Å²) in [5.74, 6) is -0.453. The summed E-state index contributed by atoms with van der Waals surface area (Å²) in [4.78, 5) is 26.7. The summed E-state index contributed by atoms with van der Waals surface area (Å²) in [5.41, 5.74) is 5.63. The van der Waals surface area contributed by atoms with Crippen molar-refractivity contribution in [3.8, 4) is 0 Å². The molecule has 2 N–H and O–H groups in total. The third-order valence-electron chi connectivity index (χ3n) is 4.12. The van der Waals surface area contributed by atoms with Crippen LogP contribution in [0.25, 0.3) is 0 Å². The second-order valence-corrected chi connectivity index (χ2v) is 7.10. The second-order valence-electron chi connectivity index (χ2n) is 5.85. The lowest BCUT2D eigenvalue weighted by Crippen LogP contribution is -2.52. The van der Waals surface area contributed by atoms with Gasteiger partial charge in [-0.05, 0) is 43.5 Å². The molecule has 1 aliphatic heterocycles. The van der Waals surface area contributed by atoms with E-state index in [2.05, 4.69) is 10.9 Å². The smallest absolute Gasteiger partial charge is 0.290 e. The maximum atomic E-state index is 12.6. The number of piperidine rings is 1. The molecule has 1 saturated heterocycles. The number of hydrogen-bond acceptors (Lipinski definition) is 4. The summed E-state index contributed by atoms with van der Waals surface area (Å²) < 4.78 is 5.16. The van der Waals surface area contributed by atoms with Gasteiger partial charge in [0.2, 0.25) is 0 Å². The van der Waals surface area contributed by atoms with Crippen LogP contribution in [0.2, 0.25) is 15.1 Å². The van der Waals surface area contributed by atoms with Gasteiger partial charge in [-0.1, -0.05) is 34.8 Å². The number of nitrogens with zero attached hydrogens (tertiary/aromatic N) is 1. The largest absolute Gasteiger partial charge is 0.459 e. The van der Waals surface area contributed by atoms with E-state index < -0.39 is 6.04 Å². The molecule has 0 spiro atoms. The monoisotopic (exact) mass is 415 g/mol. The second kappa shape index (κ2) is 8.20. The van der Waals surface area contributed by atoms with Crippen LogP contribution in [0.3, 0.4) is 0 Å². The fourth-order valence-electron chi connectivity index (χ4n) is 2.86. The number of hydrogen-bond donors (Lipinski definition) is 2. The molecule has 1 atom stereocenters. The highest BCUT2D eigenvalue weighted by molar-refractivity contribution is 6.41. The highest BCUT2D eigenvalue weighted by Gasteiger charge is 2.33. The normalized spacial score (nSPS) is 17.0. The van der Waals surface area contributed by atoms with E-state index in [-0.39, 0.29) is 27.6 Å². The molecule has 1 aromatic heterocycles. The molecule has 1 unspecified atom stereocenters. The first-order valence-corrected chi connectivity index (χ1v) is 9.15. The highest BCUT2D eigenvalue weighted by Crippen LogP contribution is 2.33. The Morgan fingerprint density at radius 3 is 2.54 bits per heavy atom. The summed E-state index contributed by atoms with van der Waals surface area (Å²) in [6.07, 6.45) is 3.67. The van der Waals surface area contributed by atoms with Crippen molar-refractivity contribution in [1.82, 2.24) is 10.3 Å². The van der Waals surface area contributed by atoms with E-state index in [4.69, 9.17) is 39.2 Å². The zero-order valence-corrected chi connectivity index (χ0v) is 15.9. The van der Waals surface area contributed by atoms with Crippen LogP contribution >= 0.6 is 34.8 Å². The Bertz CT molecular complexity index is 788. The van der Waals surface area contributed by atoms with Crippen molar-refractivity contribution in [2.24, 2.45) is 0 Å². The SMILES string of the molecule is O=C(NNc1c(Cl)cc(Cl)cc1Cl)C1CCCCN1C(=O)c1ccco1. The van der Waals surface area contributed by atoms with Crippen molar-refractivity contribution in [3.05, 3.63) is 51.4 Å². The molecule has 2 heterocycles. The minimum absolute atomic E-state index is 0.210. The van der Waals surface area contributed by atoms with Crippen LogP contribution < -0.4 is 10.9 Å². The molecule has 9 heteroatoms. The van der Waals surface area contributed by atoms with Crippen LogP contribution in [0.15, 0.2) is 34.9 Å². The number of carbonyl (C=O) groups excluding carboxylic acids is 2. The first-order valence-electron chi connectivity index (χ1n) is 8.02. The summed E-state index contributed by atoms with van der Waals surface area (Å²) in [6, 6.07) is 5.63. The van der Waals surface area contributed by atoms with E-state index in [0.29, 0.717) is 23.7 Å².